The third-order valence-corrected chi connectivity index (χ3v) is 7.00. The molecule has 0 aromatic carbocycles. The van der Waals surface area contributed by atoms with Gasteiger partial charge in [-0.05, 0) is 39.0 Å². The molecule has 2 atom stereocenters. The normalized spacial score (nSPS) is 20.2. The number of aliphatic imine (C=N–C) groups is 1. The summed E-state index contributed by atoms with van der Waals surface area (Å²) in [6.45, 7) is 9.22. The number of nitrogens with zero attached hydrogens (tertiary/aromatic N) is 2. The SMILES string of the molecule is CCCCCCCCCCC/C=C/CCCCCCCC1=NCC[N+]1(CC)C(C)O. The van der Waals surface area contributed by atoms with Gasteiger partial charge in [-0.2, -0.15) is 0 Å². The summed E-state index contributed by atoms with van der Waals surface area (Å²) in [5, 5.41) is 10.2. The van der Waals surface area contributed by atoms with E-state index in [0.717, 1.165) is 26.1 Å². The number of aliphatic hydroxyl groups excluding tert-OH is 1. The molecule has 0 fully saturated rings. The van der Waals surface area contributed by atoms with E-state index in [-0.39, 0.29) is 6.23 Å². The maximum absolute atomic E-state index is 10.2. The van der Waals surface area contributed by atoms with Crippen molar-refractivity contribution in [3.05, 3.63) is 12.2 Å². The molecule has 1 heterocycles. The number of hydrogen-bond acceptors (Lipinski definition) is 2. The van der Waals surface area contributed by atoms with Gasteiger partial charge in [0.15, 0.2) is 6.23 Å². The zero-order chi connectivity index (χ0) is 21.9. The topological polar surface area (TPSA) is 32.6 Å². The lowest BCUT2D eigenvalue weighted by atomic mass is 10.1. The molecular weight excluding hydrogens is 368 g/mol. The van der Waals surface area contributed by atoms with Crippen molar-refractivity contribution in [1.82, 2.24) is 0 Å². The Labute approximate surface area is 188 Å². The highest BCUT2D eigenvalue weighted by atomic mass is 16.3. The fraction of sp³-hybridized carbons (Fsp3) is 0.889. The molecule has 1 aliphatic heterocycles. The van der Waals surface area contributed by atoms with Crippen molar-refractivity contribution in [2.45, 2.75) is 136 Å². The first-order valence-corrected chi connectivity index (χ1v) is 13.4. The van der Waals surface area contributed by atoms with E-state index in [4.69, 9.17) is 4.99 Å². The van der Waals surface area contributed by atoms with Gasteiger partial charge in [0.05, 0.1) is 13.1 Å². The highest BCUT2D eigenvalue weighted by Crippen LogP contribution is 2.23. The first kappa shape index (κ1) is 27.4. The van der Waals surface area contributed by atoms with Crippen molar-refractivity contribution in [1.29, 1.82) is 0 Å². The molecule has 3 heteroatoms. The Kier molecular flexibility index (Phi) is 16.4. The molecule has 0 radical (unpaired) electrons. The summed E-state index contributed by atoms with van der Waals surface area (Å²) in [4.78, 5) is 4.72. The molecule has 176 valence electrons. The van der Waals surface area contributed by atoms with Crippen molar-refractivity contribution in [3.8, 4) is 0 Å². The van der Waals surface area contributed by atoms with Gasteiger partial charge in [0.2, 0.25) is 5.84 Å². The summed E-state index contributed by atoms with van der Waals surface area (Å²) >= 11 is 0. The molecule has 2 unspecified atom stereocenters. The Morgan fingerprint density at radius 3 is 1.80 bits per heavy atom. The predicted octanol–water partition coefficient (Wildman–Crippen LogP) is 7.78. The van der Waals surface area contributed by atoms with E-state index in [1.807, 2.05) is 6.92 Å². The highest BCUT2D eigenvalue weighted by molar-refractivity contribution is 5.76. The van der Waals surface area contributed by atoms with E-state index in [1.54, 1.807) is 0 Å². The molecule has 0 saturated heterocycles. The molecule has 0 bridgehead atoms. The number of hydrogen-bond donors (Lipinski definition) is 1. The zero-order valence-corrected chi connectivity index (χ0v) is 20.7. The predicted molar refractivity (Wildman–Crippen MR) is 133 cm³/mol. The number of aliphatic hydroxyl groups is 1. The molecule has 0 amide bonds. The van der Waals surface area contributed by atoms with Crippen molar-refractivity contribution < 1.29 is 9.59 Å². The lowest BCUT2D eigenvalue weighted by Gasteiger charge is -2.36. The first-order chi connectivity index (χ1) is 14.7. The van der Waals surface area contributed by atoms with E-state index >= 15 is 0 Å². The third-order valence-electron chi connectivity index (χ3n) is 7.00. The number of amidine groups is 1. The standard InChI is InChI=1S/C27H53N2O/c1-4-6-7-8-9-10-11-12-13-14-15-16-17-18-19-20-21-22-23-27-28-24-25-29(27,5-2)26(3)30/h15-16,26,30H,4-14,17-25H2,1-3H3/q+1/b16-15+. The molecule has 0 aliphatic carbocycles. The largest absolute Gasteiger partial charge is 0.345 e. The second kappa shape index (κ2) is 18.0. The van der Waals surface area contributed by atoms with E-state index in [1.165, 1.54) is 109 Å². The van der Waals surface area contributed by atoms with Gasteiger partial charge in [-0.25, -0.2) is 4.99 Å². The molecule has 0 aromatic rings. The maximum atomic E-state index is 10.2. The second-order valence-corrected chi connectivity index (χ2v) is 9.40. The molecule has 0 aromatic heterocycles. The minimum absolute atomic E-state index is 0.321. The number of likely N-dealkylation sites (N-methyl/N-ethyl adjacent to an activating group) is 1. The van der Waals surface area contributed by atoms with Crippen LogP contribution >= 0.6 is 0 Å². The maximum Gasteiger partial charge on any atom is 0.200 e. The number of allylic oxidation sites excluding steroid dienone is 2. The summed E-state index contributed by atoms with van der Waals surface area (Å²) < 4.78 is 0.712. The average Bonchev–Trinajstić information content (AvgIpc) is 3.17. The van der Waals surface area contributed by atoms with E-state index in [9.17, 15) is 5.11 Å². The Balaban J connectivity index is 1.89. The van der Waals surface area contributed by atoms with Gasteiger partial charge in [0.25, 0.3) is 0 Å². The van der Waals surface area contributed by atoms with Crippen LogP contribution in [0.25, 0.3) is 0 Å². The molecule has 1 aliphatic rings. The Morgan fingerprint density at radius 1 is 0.800 bits per heavy atom. The van der Waals surface area contributed by atoms with E-state index < -0.39 is 0 Å². The van der Waals surface area contributed by atoms with Crippen LogP contribution in [-0.4, -0.2) is 41.3 Å². The molecule has 3 nitrogen and oxygen atoms in total. The smallest absolute Gasteiger partial charge is 0.200 e. The minimum atomic E-state index is -0.321. The van der Waals surface area contributed by atoms with Crippen LogP contribution in [0.3, 0.4) is 0 Å². The van der Waals surface area contributed by atoms with Crippen LogP contribution < -0.4 is 0 Å². The van der Waals surface area contributed by atoms with Crippen LogP contribution in [0.5, 0.6) is 0 Å². The monoisotopic (exact) mass is 421 g/mol. The van der Waals surface area contributed by atoms with Crippen molar-refractivity contribution in [3.63, 3.8) is 0 Å². The lowest BCUT2D eigenvalue weighted by Crippen LogP contribution is -2.56. The fourth-order valence-electron chi connectivity index (χ4n) is 4.82. The molecule has 0 saturated carbocycles. The number of quaternary nitrogens is 1. The Bertz CT molecular complexity index is 458. The van der Waals surface area contributed by atoms with Crippen molar-refractivity contribution >= 4 is 5.84 Å². The first-order valence-electron chi connectivity index (χ1n) is 13.4. The average molecular weight is 422 g/mol. The van der Waals surface area contributed by atoms with Gasteiger partial charge < -0.3 is 5.11 Å². The third kappa shape index (κ3) is 11.1. The van der Waals surface area contributed by atoms with Crippen molar-refractivity contribution in [2.75, 3.05) is 19.6 Å². The summed E-state index contributed by atoms with van der Waals surface area (Å²) in [5.74, 6) is 1.24. The molecule has 1 N–H and O–H groups in total. The van der Waals surface area contributed by atoms with Gasteiger partial charge in [-0.1, -0.05) is 89.7 Å². The number of rotatable bonds is 20. The lowest BCUT2D eigenvalue weighted by molar-refractivity contribution is -0.882. The van der Waals surface area contributed by atoms with Gasteiger partial charge >= 0.3 is 0 Å². The summed E-state index contributed by atoms with van der Waals surface area (Å²) in [7, 11) is 0. The Hall–Kier alpha value is -0.670. The highest BCUT2D eigenvalue weighted by Gasteiger charge is 2.40. The molecule has 30 heavy (non-hydrogen) atoms. The number of unbranched alkanes of at least 4 members (excludes halogenated alkanes) is 14. The van der Waals surface area contributed by atoms with Crippen molar-refractivity contribution in [2.24, 2.45) is 4.99 Å². The van der Waals surface area contributed by atoms with Gasteiger partial charge in [-0.3, -0.25) is 4.48 Å². The van der Waals surface area contributed by atoms with E-state index in [0.29, 0.717) is 4.48 Å². The summed E-state index contributed by atoms with van der Waals surface area (Å²) in [6.07, 6.45) is 27.4. The summed E-state index contributed by atoms with van der Waals surface area (Å²) in [5.41, 5.74) is 0. The second-order valence-electron chi connectivity index (χ2n) is 9.40. The molecular formula is C27H53N2O+. The quantitative estimate of drug-likeness (QED) is 0.121. The van der Waals surface area contributed by atoms with Crippen LogP contribution in [-0.2, 0) is 0 Å². The van der Waals surface area contributed by atoms with Crippen LogP contribution in [0.1, 0.15) is 130 Å². The van der Waals surface area contributed by atoms with Crippen LogP contribution in [0.15, 0.2) is 17.1 Å². The van der Waals surface area contributed by atoms with Crippen LogP contribution in [0.4, 0.5) is 0 Å². The zero-order valence-electron chi connectivity index (χ0n) is 20.7. The summed E-state index contributed by atoms with van der Waals surface area (Å²) in [6, 6.07) is 0. The van der Waals surface area contributed by atoms with E-state index in [2.05, 4.69) is 26.0 Å². The van der Waals surface area contributed by atoms with Gasteiger partial charge in [-0.15, -0.1) is 0 Å². The minimum Gasteiger partial charge on any atom is -0.345 e. The molecule has 0 spiro atoms. The van der Waals surface area contributed by atoms with Gasteiger partial charge in [0.1, 0.15) is 6.54 Å². The Morgan fingerprint density at radius 2 is 1.30 bits per heavy atom. The van der Waals surface area contributed by atoms with Crippen LogP contribution in [0.2, 0.25) is 0 Å². The van der Waals surface area contributed by atoms with Crippen LogP contribution in [0, 0.1) is 0 Å². The fourth-order valence-corrected chi connectivity index (χ4v) is 4.82. The van der Waals surface area contributed by atoms with Gasteiger partial charge in [0, 0.05) is 13.3 Å². The molecule has 1 rings (SSSR count).